The fourth-order valence-corrected chi connectivity index (χ4v) is 4.04. The van der Waals surface area contributed by atoms with Gasteiger partial charge in [-0.15, -0.1) is 11.3 Å². The number of morpholine rings is 1. The summed E-state index contributed by atoms with van der Waals surface area (Å²) < 4.78 is 5.48. The average Bonchev–Trinajstić information content (AvgIpc) is 3.03. The molecule has 27 heavy (non-hydrogen) atoms. The maximum atomic E-state index is 5.48. The number of hydrogen-bond donors (Lipinski definition) is 2. The van der Waals surface area contributed by atoms with Crippen molar-refractivity contribution in [3.05, 3.63) is 45.4 Å². The molecule has 1 aliphatic heterocycles. The van der Waals surface area contributed by atoms with Gasteiger partial charge >= 0.3 is 0 Å². The van der Waals surface area contributed by atoms with Gasteiger partial charge in [-0.1, -0.05) is 18.2 Å². The van der Waals surface area contributed by atoms with Crippen LogP contribution in [0.1, 0.15) is 21.1 Å². The first-order valence-corrected chi connectivity index (χ1v) is 10.3. The molecule has 3 rings (SSSR count). The molecule has 0 spiro atoms. The van der Waals surface area contributed by atoms with Crippen molar-refractivity contribution in [2.45, 2.75) is 26.8 Å². The van der Waals surface area contributed by atoms with E-state index in [0.29, 0.717) is 0 Å². The molecule has 2 aromatic rings. The summed E-state index contributed by atoms with van der Waals surface area (Å²) in [7, 11) is 1.81. The van der Waals surface area contributed by atoms with E-state index in [-0.39, 0.29) is 0 Å². The second-order valence-electron chi connectivity index (χ2n) is 6.58. The number of hydrogen-bond acceptors (Lipinski definition) is 5. The Labute approximate surface area is 165 Å². The number of thiazole rings is 1. The van der Waals surface area contributed by atoms with Crippen molar-refractivity contribution in [1.29, 1.82) is 0 Å². The van der Waals surface area contributed by atoms with Crippen LogP contribution in [-0.2, 0) is 17.7 Å². The number of para-hydroxylation sites is 1. The van der Waals surface area contributed by atoms with Gasteiger partial charge in [0.05, 0.1) is 23.9 Å². The second kappa shape index (κ2) is 9.71. The number of nitrogens with zero attached hydrogens (tertiary/aromatic N) is 3. The quantitative estimate of drug-likeness (QED) is 0.589. The number of aliphatic imine (C=N–C) groups is 1. The first kappa shape index (κ1) is 19.6. The van der Waals surface area contributed by atoms with Crippen molar-refractivity contribution >= 4 is 23.0 Å². The summed E-state index contributed by atoms with van der Waals surface area (Å²) in [4.78, 5) is 12.6. The van der Waals surface area contributed by atoms with Crippen molar-refractivity contribution in [2.75, 3.05) is 44.8 Å². The van der Waals surface area contributed by atoms with Gasteiger partial charge in [0.15, 0.2) is 5.96 Å². The lowest BCUT2D eigenvalue weighted by Crippen LogP contribution is -2.39. The second-order valence-corrected chi connectivity index (χ2v) is 7.87. The molecule has 1 aromatic heterocycles. The zero-order valence-corrected chi connectivity index (χ0v) is 17.2. The Bertz CT molecular complexity index is 748. The van der Waals surface area contributed by atoms with Crippen molar-refractivity contribution < 1.29 is 4.74 Å². The van der Waals surface area contributed by atoms with E-state index in [1.807, 2.05) is 0 Å². The Morgan fingerprint density at radius 1 is 1.22 bits per heavy atom. The Morgan fingerprint density at radius 2 is 2.00 bits per heavy atom. The van der Waals surface area contributed by atoms with E-state index in [0.717, 1.165) is 57.5 Å². The van der Waals surface area contributed by atoms with Crippen LogP contribution in [0.2, 0.25) is 0 Å². The van der Waals surface area contributed by atoms with Crippen molar-refractivity contribution in [2.24, 2.45) is 4.99 Å². The minimum Gasteiger partial charge on any atom is -0.378 e. The van der Waals surface area contributed by atoms with Gasteiger partial charge in [0, 0.05) is 50.2 Å². The Kier molecular flexibility index (Phi) is 7.06. The van der Waals surface area contributed by atoms with E-state index >= 15 is 0 Å². The van der Waals surface area contributed by atoms with Gasteiger partial charge in [-0.05, 0) is 25.5 Å². The number of anilines is 1. The number of rotatable bonds is 6. The molecule has 1 saturated heterocycles. The van der Waals surface area contributed by atoms with Gasteiger partial charge in [-0.3, -0.25) is 4.99 Å². The Hall–Kier alpha value is -2.12. The van der Waals surface area contributed by atoms with E-state index in [2.05, 4.69) is 63.6 Å². The summed E-state index contributed by atoms with van der Waals surface area (Å²) in [6.45, 7) is 9.21. The van der Waals surface area contributed by atoms with Gasteiger partial charge in [0.25, 0.3) is 0 Å². The Morgan fingerprint density at radius 3 is 2.70 bits per heavy atom. The van der Waals surface area contributed by atoms with Crippen LogP contribution in [0.4, 0.5) is 5.69 Å². The third-order valence-corrected chi connectivity index (χ3v) is 5.85. The van der Waals surface area contributed by atoms with Gasteiger partial charge in [0.2, 0.25) is 0 Å². The topological polar surface area (TPSA) is 61.8 Å². The molecule has 0 atom stereocenters. The van der Waals surface area contributed by atoms with Gasteiger partial charge in [-0.2, -0.15) is 0 Å². The first-order valence-electron chi connectivity index (χ1n) is 9.45. The normalized spacial score (nSPS) is 15.1. The minimum atomic E-state index is 0.739. The molecule has 146 valence electrons. The maximum absolute atomic E-state index is 5.48. The van der Waals surface area contributed by atoms with Crippen LogP contribution in [0, 0.1) is 13.8 Å². The highest BCUT2D eigenvalue weighted by Gasteiger charge is 2.14. The molecule has 2 N–H and O–H groups in total. The molecule has 1 fully saturated rings. The number of aryl methyl sites for hydroxylation is 2. The van der Waals surface area contributed by atoms with Crippen LogP contribution in [0.3, 0.4) is 0 Å². The van der Waals surface area contributed by atoms with Crippen molar-refractivity contribution in [3.63, 3.8) is 0 Å². The Balaban J connectivity index is 1.52. The smallest absolute Gasteiger partial charge is 0.191 e. The molecule has 0 bridgehead atoms. The number of ether oxygens (including phenoxy) is 1. The van der Waals surface area contributed by atoms with E-state index in [9.17, 15) is 0 Å². The molecular weight excluding hydrogens is 358 g/mol. The average molecular weight is 388 g/mol. The van der Waals surface area contributed by atoms with E-state index in [4.69, 9.17) is 4.74 Å². The van der Waals surface area contributed by atoms with E-state index in [1.165, 1.54) is 21.1 Å². The third kappa shape index (κ3) is 5.43. The molecular formula is C20H29N5OS. The van der Waals surface area contributed by atoms with Crippen molar-refractivity contribution in [1.82, 2.24) is 15.6 Å². The van der Waals surface area contributed by atoms with Crippen LogP contribution < -0.4 is 15.5 Å². The first-order chi connectivity index (χ1) is 13.2. The number of guanidine groups is 1. The summed E-state index contributed by atoms with van der Waals surface area (Å²) in [5.74, 6) is 0.816. The van der Waals surface area contributed by atoms with Crippen LogP contribution in [-0.4, -0.2) is 50.8 Å². The molecule has 0 aliphatic carbocycles. The molecule has 7 heteroatoms. The summed E-state index contributed by atoms with van der Waals surface area (Å²) in [5.41, 5.74) is 3.68. The predicted molar refractivity (Wildman–Crippen MR) is 113 cm³/mol. The molecule has 0 radical (unpaired) electrons. The molecule has 0 amide bonds. The summed E-state index contributed by atoms with van der Waals surface area (Å²) >= 11 is 1.77. The molecule has 6 nitrogen and oxygen atoms in total. The maximum Gasteiger partial charge on any atom is 0.191 e. The summed E-state index contributed by atoms with van der Waals surface area (Å²) in [5, 5.41) is 7.99. The zero-order valence-electron chi connectivity index (χ0n) is 16.4. The van der Waals surface area contributed by atoms with Gasteiger partial charge < -0.3 is 20.3 Å². The largest absolute Gasteiger partial charge is 0.378 e. The standard InChI is InChI=1S/C20H29N5OS/c1-15-16(2)27-19(24-15)8-9-22-20(21-3)23-14-17-6-4-5-7-18(17)25-10-12-26-13-11-25/h4-7H,8-14H2,1-3H3,(H2,21,22,23). The van der Waals surface area contributed by atoms with Crippen molar-refractivity contribution in [3.8, 4) is 0 Å². The zero-order chi connectivity index (χ0) is 19.1. The lowest BCUT2D eigenvalue weighted by Gasteiger charge is -2.30. The third-order valence-electron chi connectivity index (χ3n) is 4.72. The lowest BCUT2D eigenvalue weighted by atomic mass is 10.1. The minimum absolute atomic E-state index is 0.739. The molecule has 1 aliphatic rings. The number of benzene rings is 1. The molecule has 0 saturated carbocycles. The van der Waals surface area contributed by atoms with Crippen LogP contribution in [0.25, 0.3) is 0 Å². The number of aromatic nitrogens is 1. The van der Waals surface area contributed by atoms with Gasteiger partial charge in [0.1, 0.15) is 0 Å². The highest BCUT2D eigenvalue weighted by molar-refractivity contribution is 7.11. The highest BCUT2D eigenvalue weighted by atomic mass is 32.1. The van der Waals surface area contributed by atoms with Gasteiger partial charge in [-0.25, -0.2) is 4.98 Å². The molecule has 0 unspecified atom stereocenters. The fraction of sp³-hybridized carbons (Fsp3) is 0.500. The highest BCUT2D eigenvalue weighted by Crippen LogP contribution is 2.21. The van der Waals surface area contributed by atoms with Crippen LogP contribution in [0.15, 0.2) is 29.3 Å². The van der Waals surface area contributed by atoms with Crippen LogP contribution in [0.5, 0.6) is 0 Å². The summed E-state index contributed by atoms with van der Waals surface area (Å²) in [6.07, 6.45) is 0.907. The molecule has 2 heterocycles. The van der Waals surface area contributed by atoms with Crippen LogP contribution >= 0.6 is 11.3 Å². The SMILES string of the molecule is CN=C(NCCc1nc(C)c(C)s1)NCc1ccccc1N1CCOCC1. The van der Waals surface area contributed by atoms with E-state index in [1.54, 1.807) is 18.4 Å². The number of nitrogens with one attached hydrogen (secondary N) is 2. The summed E-state index contributed by atoms with van der Waals surface area (Å²) in [6, 6.07) is 8.54. The molecule has 1 aromatic carbocycles. The lowest BCUT2D eigenvalue weighted by molar-refractivity contribution is 0.122. The predicted octanol–water partition coefficient (Wildman–Crippen LogP) is 2.50. The fourth-order valence-electron chi connectivity index (χ4n) is 3.11. The van der Waals surface area contributed by atoms with E-state index < -0.39 is 0 Å². The monoisotopic (exact) mass is 387 g/mol.